The van der Waals surface area contributed by atoms with E-state index in [-0.39, 0.29) is 0 Å². The summed E-state index contributed by atoms with van der Waals surface area (Å²) in [5, 5.41) is 8.28. The fraction of sp³-hybridized carbons (Fsp3) is 0.800. The van der Waals surface area contributed by atoms with E-state index in [1.165, 1.54) is 5.69 Å². The van der Waals surface area contributed by atoms with Gasteiger partial charge in [-0.05, 0) is 42.7 Å². The highest BCUT2D eigenvalue weighted by molar-refractivity contribution is 9.10. The molecule has 0 saturated carbocycles. The van der Waals surface area contributed by atoms with E-state index in [0.29, 0.717) is 12.1 Å². The molecule has 0 aliphatic carbocycles. The molecule has 6 heteroatoms. The molecule has 1 saturated heterocycles. The largest absolute Gasteiger partial charge is 0.375 e. The molecule has 2 rings (SSSR count). The Bertz CT molecular complexity index is 446. The lowest BCUT2D eigenvalue weighted by Gasteiger charge is -2.31. The monoisotopic (exact) mass is 375 g/mol. The van der Waals surface area contributed by atoms with E-state index in [9.17, 15) is 0 Å². The van der Waals surface area contributed by atoms with Crippen molar-refractivity contribution >= 4 is 27.7 Å². The van der Waals surface area contributed by atoms with Crippen LogP contribution in [0.1, 0.15) is 31.7 Å². The number of thioether (sulfide) groups is 1. The zero-order valence-corrected chi connectivity index (χ0v) is 15.6. The summed E-state index contributed by atoms with van der Waals surface area (Å²) in [6.45, 7) is 9.21. The van der Waals surface area contributed by atoms with Gasteiger partial charge in [-0.1, -0.05) is 6.92 Å². The molecule has 4 nitrogen and oxygen atoms in total. The van der Waals surface area contributed by atoms with Crippen LogP contribution in [0.2, 0.25) is 0 Å². The SMILES string of the molecule is CCCNC(Cc1c(Br)c(C)nn1CC)C1CSCCO1. The first-order valence-corrected chi connectivity index (χ1v) is 9.76. The zero-order valence-electron chi connectivity index (χ0n) is 13.2. The maximum absolute atomic E-state index is 6.00. The summed E-state index contributed by atoms with van der Waals surface area (Å²) in [6, 6.07) is 0.357. The third kappa shape index (κ3) is 4.47. The highest BCUT2D eigenvalue weighted by Gasteiger charge is 2.27. The van der Waals surface area contributed by atoms with Gasteiger partial charge >= 0.3 is 0 Å². The van der Waals surface area contributed by atoms with Crippen LogP contribution in [-0.2, 0) is 17.7 Å². The highest BCUT2D eigenvalue weighted by atomic mass is 79.9. The van der Waals surface area contributed by atoms with Crippen molar-refractivity contribution in [3.63, 3.8) is 0 Å². The molecular formula is C15H26BrN3OS. The Hall–Kier alpha value is -0.0400. The Labute approximate surface area is 140 Å². The summed E-state index contributed by atoms with van der Waals surface area (Å²) < 4.78 is 9.26. The van der Waals surface area contributed by atoms with Crippen molar-refractivity contribution in [2.24, 2.45) is 0 Å². The molecule has 1 aliphatic rings. The minimum Gasteiger partial charge on any atom is -0.375 e. The Morgan fingerprint density at radius 2 is 2.33 bits per heavy atom. The van der Waals surface area contributed by atoms with E-state index in [1.54, 1.807) is 0 Å². The molecule has 2 atom stereocenters. The summed E-state index contributed by atoms with van der Waals surface area (Å²) in [5.74, 6) is 2.20. The van der Waals surface area contributed by atoms with Gasteiger partial charge < -0.3 is 10.1 Å². The summed E-state index contributed by atoms with van der Waals surface area (Å²) in [7, 11) is 0. The average molecular weight is 376 g/mol. The second kappa shape index (κ2) is 8.56. The minimum absolute atomic E-state index is 0.294. The van der Waals surface area contributed by atoms with E-state index in [4.69, 9.17) is 4.74 Å². The second-order valence-electron chi connectivity index (χ2n) is 5.41. The molecule has 1 aromatic rings. The van der Waals surface area contributed by atoms with Crippen molar-refractivity contribution in [3.8, 4) is 0 Å². The van der Waals surface area contributed by atoms with Gasteiger partial charge in [0.2, 0.25) is 0 Å². The van der Waals surface area contributed by atoms with Crippen LogP contribution in [0.25, 0.3) is 0 Å². The maximum atomic E-state index is 6.00. The predicted octanol–water partition coefficient (Wildman–Crippen LogP) is 3.02. The Morgan fingerprint density at radius 1 is 1.52 bits per heavy atom. The van der Waals surface area contributed by atoms with Crippen molar-refractivity contribution in [1.29, 1.82) is 0 Å². The predicted molar refractivity (Wildman–Crippen MR) is 93.2 cm³/mol. The molecular weight excluding hydrogens is 350 g/mol. The molecule has 0 bridgehead atoms. The first kappa shape index (κ1) is 17.3. The number of nitrogens with zero attached hydrogens (tertiary/aromatic N) is 2. The molecule has 0 spiro atoms. The van der Waals surface area contributed by atoms with Crippen LogP contribution in [0.3, 0.4) is 0 Å². The topological polar surface area (TPSA) is 39.1 Å². The normalized spacial score (nSPS) is 20.7. The molecule has 0 aromatic carbocycles. The fourth-order valence-corrected chi connectivity index (χ4v) is 4.06. The standard InChI is InChI=1S/C15H26BrN3OS/c1-4-6-17-12(14-10-21-8-7-20-14)9-13-15(16)11(3)18-19(13)5-2/h12,14,17H,4-10H2,1-3H3. The van der Waals surface area contributed by atoms with Gasteiger partial charge in [-0.2, -0.15) is 16.9 Å². The van der Waals surface area contributed by atoms with Gasteiger partial charge in [-0.3, -0.25) is 4.68 Å². The van der Waals surface area contributed by atoms with Gasteiger partial charge in [0.1, 0.15) is 0 Å². The fourth-order valence-electron chi connectivity index (χ4n) is 2.68. The van der Waals surface area contributed by atoms with Gasteiger partial charge in [0.05, 0.1) is 28.6 Å². The van der Waals surface area contributed by atoms with E-state index in [0.717, 1.165) is 54.2 Å². The Kier molecular flexibility index (Phi) is 7.05. The number of hydrogen-bond donors (Lipinski definition) is 1. The third-order valence-electron chi connectivity index (χ3n) is 3.81. The van der Waals surface area contributed by atoms with Crippen LogP contribution < -0.4 is 5.32 Å². The summed E-state index contributed by atoms with van der Waals surface area (Å²) in [6.07, 6.45) is 2.40. The van der Waals surface area contributed by atoms with Crippen LogP contribution in [0.4, 0.5) is 0 Å². The van der Waals surface area contributed by atoms with E-state index in [1.807, 2.05) is 11.8 Å². The lowest BCUT2D eigenvalue weighted by Crippen LogP contribution is -2.46. The Morgan fingerprint density at radius 3 is 2.95 bits per heavy atom. The van der Waals surface area contributed by atoms with E-state index < -0.39 is 0 Å². The van der Waals surface area contributed by atoms with Crippen LogP contribution >= 0.6 is 27.7 Å². The number of hydrogen-bond acceptors (Lipinski definition) is 4. The van der Waals surface area contributed by atoms with Crippen molar-refractivity contribution in [2.45, 2.75) is 52.3 Å². The summed E-state index contributed by atoms with van der Waals surface area (Å²) in [4.78, 5) is 0. The quantitative estimate of drug-likeness (QED) is 0.794. The molecule has 1 aromatic heterocycles. The lowest BCUT2D eigenvalue weighted by molar-refractivity contribution is 0.0466. The minimum atomic E-state index is 0.294. The first-order valence-electron chi connectivity index (χ1n) is 7.81. The van der Waals surface area contributed by atoms with Gasteiger partial charge in [0.25, 0.3) is 0 Å². The van der Waals surface area contributed by atoms with Crippen LogP contribution in [0.15, 0.2) is 4.47 Å². The van der Waals surface area contributed by atoms with Crippen LogP contribution in [0, 0.1) is 6.92 Å². The smallest absolute Gasteiger partial charge is 0.0822 e. The molecule has 1 aliphatic heterocycles. The van der Waals surface area contributed by atoms with Crippen molar-refractivity contribution < 1.29 is 4.74 Å². The van der Waals surface area contributed by atoms with E-state index >= 15 is 0 Å². The van der Waals surface area contributed by atoms with Gasteiger partial charge in [-0.25, -0.2) is 0 Å². The number of nitrogens with one attached hydrogen (secondary N) is 1. The number of aryl methyl sites for hydroxylation is 2. The lowest BCUT2D eigenvalue weighted by atomic mass is 10.1. The van der Waals surface area contributed by atoms with Gasteiger partial charge in [0, 0.05) is 30.5 Å². The molecule has 2 heterocycles. The van der Waals surface area contributed by atoms with E-state index in [2.05, 4.69) is 51.8 Å². The van der Waals surface area contributed by atoms with Crippen LogP contribution in [0.5, 0.6) is 0 Å². The molecule has 2 unspecified atom stereocenters. The molecule has 0 radical (unpaired) electrons. The average Bonchev–Trinajstić information content (AvgIpc) is 2.79. The molecule has 120 valence electrons. The second-order valence-corrected chi connectivity index (χ2v) is 7.35. The number of aromatic nitrogens is 2. The van der Waals surface area contributed by atoms with Gasteiger partial charge in [0.15, 0.2) is 0 Å². The van der Waals surface area contributed by atoms with Crippen LogP contribution in [-0.4, -0.2) is 46.6 Å². The molecule has 1 fully saturated rings. The van der Waals surface area contributed by atoms with Crippen molar-refractivity contribution in [1.82, 2.24) is 15.1 Å². The number of ether oxygens (including phenoxy) is 1. The van der Waals surface area contributed by atoms with Gasteiger partial charge in [-0.15, -0.1) is 0 Å². The molecule has 21 heavy (non-hydrogen) atoms. The maximum Gasteiger partial charge on any atom is 0.0822 e. The van der Waals surface area contributed by atoms with Crippen molar-refractivity contribution in [3.05, 3.63) is 15.9 Å². The van der Waals surface area contributed by atoms with Crippen molar-refractivity contribution in [2.75, 3.05) is 24.7 Å². The number of rotatable bonds is 7. The molecule has 1 N–H and O–H groups in total. The Balaban J connectivity index is 2.13. The highest BCUT2D eigenvalue weighted by Crippen LogP contribution is 2.25. The molecule has 0 amide bonds. The summed E-state index contributed by atoms with van der Waals surface area (Å²) in [5.41, 5.74) is 2.35. The summed E-state index contributed by atoms with van der Waals surface area (Å²) >= 11 is 5.70. The first-order chi connectivity index (χ1) is 10.2. The zero-order chi connectivity index (χ0) is 15.2. The third-order valence-corrected chi connectivity index (χ3v) is 5.86. The number of halogens is 1.